The summed E-state index contributed by atoms with van der Waals surface area (Å²) < 4.78 is 5.89. The second kappa shape index (κ2) is 4.84. The predicted molar refractivity (Wildman–Crippen MR) is 62.8 cm³/mol. The summed E-state index contributed by atoms with van der Waals surface area (Å²) in [6.07, 6.45) is -1.58. The topological polar surface area (TPSA) is 66.8 Å². The van der Waals surface area contributed by atoms with Crippen molar-refractivity contribution in [1.82, 2.24) is 0 Å². The van der Waals surface area contributed by atoms with Crippen molar-refractivity contribution >= 4 is 21.9 Å². The first kappa shape index (κ1) is 13.0. The van der Waals surface area contributed by atoms with Crippen LogP contribution in [0.25, 0.3) is 0 Å². The van der Waals surface area contributed by atoms with E-state index in [-0.39, 0.29) is 0 Å². The van der Waals surface area contributed by atoms with E-state index in [1.165, 1.54) is 7.11 Å². The van der Waals surface area contributed by atoms with Gasteiger partial charge in [0.25, 0.3) is 0 Å². The van der Waals surface area contributed by atoms with E-state index in [1.807, 2.05) is 6.07 Å². The number of hydrogen-bond donors (Lipinski definition) is 2. The molecule has 0 bridgehead atoms. The van der Waals surface area contributed by atoms with Crippen molar-refractivity contribution in [3.8, 4) is 5.75 Å². The van der Waals surface area contributed by atoms with E-state index in [2.05, 4.69) is 15.9 Å². The molecule has 0 heterocycles. The molecule has 1 unspecified atom stereocenters. The highest BCUT2D eigenvalue weighted by molar-refractivity contribution is 9.10. The van der Waals surface area contributed by atoms with Gasteiger partial charge >= 0.3 is 5.97 Å². The third-order valence-electron chi connectivity index (χ3n) is 2.42. The number of aliphatic hydroxyl groups excluding tert-OH is 1. The Morgan fingerprint density at radius 3 is 2.50 bits per heavy atom. The zero-order valence-corrected chi connectivity index (χ0v) is 10.8. The number of hydrogen-bond acceptors (Lipinski definition) is 3. The molecule has 0 aromatic heterocycles. The largest absolute Gasteiger partial charge is 0.496 e. The van der Waals surface area contributed by atoms with E-state index >= 15 is 0 Å². The van der Waals surface area contributed by atoms with Crippen molar-refractivity contribution < 1.29 is 19.7 Å². The lowest BCUT2D eigenvalue weighted by molar-refractivity contribution is -0.147. The van der Waals surface area contributed by atoms with Gasteiger partial charge in [0.2, 0.25) is 0 Å². The molecule has 0 aliphatic carbocycles. The fraction of sp³-hybridized carbons (Fsp3) is 0.364. The fourth-order valence-corrected chi connectivity index (χ4v) is 2.16. The molecule has 1 aromatic carbocycles. The van der Waals surface area contributed by atoms with E-state index in [4.69, 9.17) is 9.84 Å². The first-order valence-electron chi connectivity index (χ1n) is 4.64. The van der Waals surface area contributed by atoms with Crippen molar-refractivity contribution in [3.05, 3.63) is 27.2 Å². The van der Waals surface area contributed by atoms with Crippen LogP contribution in [0.4, 0.5) is 0 Å². The molecule has 0 saturated heterocycles. The number of aliphatic carboxylic acids is 1. The molecule has 0 saturated carbocycles. The summed E-state index contributed by atoms with van der Waals surface area (Å²) in [4.78, 5) is 10.8. The van der Waals surface area contributed by atoms with E-state index in [9.17, 15) is 9.90 Å². The molecule has 0 aliphatic rings. The number of benzene rings is 1. The average molecular weight is 289 g/mol. The average Bonchev–Trinajstić information content (AvgIpc) is 2.21. The minimum atomic E-state index is -1.58. The number of carboxylic acids is 1. The van der Waals surface area contributed by atoms with E-state index in [0.717, 1.165) is 10.0 Å². The smallest absolute Gasteiger partial charge is 0.337 e. The Hall–Kier alpha value is -1.07. The summed E-state index contributed by atoms with van der Waals surface area (Å²) in [6, 6.07) is 1.83. The second-order valence-corrected chi connectivity index (χ2v) is 4.34. The molecule has 5 heteroatoms. The lowest BCUT2D eigenvalue weighted by Gasteiger charge is -2.17. The molecule has 88 valence electrons. The first-order valence-corrected chi connectivity index (χ1v) is 5.43. The monoisotopic (exact) mass is 288 g/mol. The van der Waals surface area contributed by atoms with Crippen LogP contribution in [0, 0.1) is 13.8 Å². The summed E-state index contributed by atoms with van der Waals surface area (Å²) in [5, 5.41) is 18.5. The van der Waals surface area contributed by atoms with Gasteiger partial charge in [-0.2, -0.15) is 0 Å². The molecule has 1 rings (SSSR count). The number of carboxylic acid groups (broad SMARTS) is 1. The van der Waals surface area contributed by atoms with Crippen LogP contribution in [-0.4, -0.2) is 23.3 Å². The number of halogens is 1. The molecule has 1 atom stereocenters. The van der Waals surface area contributed by atoms with Crippen molar-refractivity contribution in [2.24, 2.45) is 0 Å². The van der Waals surface area contributed by atoms with Crippen molar-refractivity contribution in [2.45, 2.75) is 20.0 Å². The lowest BCUT2D eigenvalue weighted by atomic mass is 9.99. The van der Waals surface area contributed by atoms with Gasteiger partial charge in [-0.05, 0) is 31.0 Å². The van der Waals surface area contributed by atoms with Gasteiger partial charge < -0.3 is 14.9 Å². The summed E-state index contributed by atoms with van der Waals surface area (Å²) in [7, 11) is 1.45. The second-order valence-electron chi connectivity index (χ2n) is 3.49. The summed E-state index contributed by atoms with van der Waals surface area (Å²) in [6.45, 7) is 3.52. The zero-order chi connectivity index (χ0) is 12.5. The number of carbonyl (C=O) groups is 1. The third kappa shape index (κ3) is 2.20. The van der Waals surface area contributed by atoms with Gasteiger partial charge in [-0.15, -0.1) is 0 Å². The van der Waals surface area contributed by atoms with Gasteiger partial charge in [0.1, 0.15) is 5.75 Å². The maximum atomic E-state index is 10.8. The molecular formula is C11H13BrO4. The van der Waals surface area contributed by atoms with Gasteiger partial charge in [-0.25, -0.2) is 4.79 Å². The van der Waals surface area contributed by atoms with Gasteiger partial charge in [-0.1, -0.05) is 15.9 Å². The van der Waals surface area contributed by atoms with Gasteiger partial charge in [0, 0.05) is 10.0 Å². The van der Waals surface area contributed by atoms with Gasteiger partial charge in [0.05, 0.1) is 7.11 Å². The Labute approximate surface area is 102 Å². The molecule has 0 aliphatic heterocycles. The van der Waals surface area contributed by atoms with Crippen LogP contribution < -0.4 is 4.74 Å². The number of methoxy groups -OCH3 is 1. The Balaban J connectivity index is 3.50. The molecule has 0 fully saturated rings. The van der Waals surface area contributed by atoms with Crippen molar-refractivity contribution in [2.75, 3.05) is 7.11 Å². The van der Waals surface area contributed by atoms with Crippen LogP contribution in [-0.2, 0) is 4.79 Å². The highest BCUT2D eigenvalue weighted by atomic mass is 79.9. The Bertz CT molecular complexity index is 428. The first-order chi connectivity index (χ1) is 7.40. The molecule has 0 spiro atoms. The Kier molecular flexibility index (Phi) is 3.93. The van der Waals surface area contributed by atoms with E-state index in [0.29, 0.717) is 16.9 Å². The summed E-state index contributed by atoms with van der Waals surface area (Å²) in [5.41, 5.74) is 1.73. The molecule has 4 nitrogen and oxygen atoms in total. The fourth-order valence-electron chi connectivity index (χ4n) is 1.60. The molecule has 0 amide bonds. The Morgan fingerprint density at radius 1 is 1.50 bits per heavy atom. The van der Waals surface area contributed by atoms with Crippen molar-refractivity contribution in [3.63, 3.8) is 0 Å². The minimum absolute atomic E-state index is 0.293. The Morgan fingerprint density at radius 2 is 2.06 bits per heavy atom. The quantitative estimate of drug-likeness (QED) is 0.895. The predicted octanol–water partition coefficient (Wildman–Crippen LogP) is 2.19. The van der Waals surface area contributed by atoms with Crippen LogP contribution >= 0.6 is 15.9 Å². The number of aliphatic hydroxyl groups is 1. The normalized spacial score (nSPS) is 12.3. The molecular weight excluding hydrogens is 276 g/mol. The molecule has 16 heavy (non-hydrogen) atoms. The maximum Gasteiger partial charge on any atom is 0.337 e. The van der Waals surface area contributed by atoms with Crippen LogP contribution in [0.15, 0.2) is 10.5 Å². The molecule has 0 radical (unpaired) electrons. The maximum absolute atomic E-state index is 10.8. The third-order valence-corrected chi connectivity index (χ3v) is 3.24. The van der Waals surface area contributed by atoms with Crippen LogP contribution in [0.5, 0.6) is 5.75 Å². The van der Waals surface area contributed by atoms with E-state index < -0.39 is 12.1 Å². The number of aryl methyl sites for hydroxylation is 1. The molecule has 1 aromatic rings. The zero-order valence-electron chi connectivity index (χ0n) is 9.24. The SMILES string of the molecule is COc1c(C)cc(Br)c(C)c1C(O)C(=O)O. The van der Waals surface area contributed by atoms with Crippen LogP contribution in [0.1, 0.15) is 22.8 Å². The van der Waals surface area contributed by atoms with Gasteiger partial charge in [-0.3, -0.25) is 0 Å². The van der Waals surface area contributed by atoms with Crippen molar-refractivity contribution in [1.29, 1.82) is 0 Å². The van der Waals surface area contributed by atoms with Gasteiger partial charge in [0.15, 0.2) is 6.10 Å². The van der Waals surface area contributed by atoms with Crippen LogP contribution in [0.3, 0.4) is 0 Å². The highest BCUT2D eigenvalue weighted by Gasteiger charge is 2.25. The number of rotatable bonds is 3. The highest BCUT2D eigenvalue weighted by Crippen LogP contribution is 2.36. The molecule has 2 N–H and O–H groups in total. The number of ether oxygens (including phenoxy) is 1. The van der Waals surface area contributed by atoms with E-state index in [1.54, 1.807) is 13.8 Å². The lowest BCUT2D eigenvalue weighted by Crippen LogP contribution is -2.14. The summed E-state index contributed by atoms with van der Waals surface area (Å²) in [5.74, 6) is -0.880. The summed E-state index contributed by atoms with van der Waals surface area (Å²) >= 11 is 3.32. The minimum Gasteiger partial charge on any atom is -0.496 e. The van der Waals surface area contributed by atoms with Crippen LogP contribution in [0.2, 0.25) is 0 Å². The standard InChI is InChI=1S/C11H13BrO4/c1-5-4-7(12)6(2)8(10(5)16-3)9(13)11(14)15/h4,9,13H,1-3H3,(H,14,15).